The molecule has 118 valence electrons. The van der Waals surface area contributed by atoms with Gasteiger partial charge in [-0.1, -0.05) is 18.2 Å². The van der Waals surface area contributed by atoms with Crippen LogP contribution in [0.25, 0.3) is 0 Å². The normalized spacial score (nSPS) is 23.1. The second kappa shape index (κ2) is 7.78. The van der Waals surface area contributed by atoms with E-state index >= 15 is 0 Å². The summed E-state index contributed by atoms with van der Waals surface area (Å²) in [6.07, 6.45) is 2.76. The molecule has 2 rings (SSSR count). The molecule has 0 amide bonds. The molecule has 1 fully saturated rings. The lowest BCUT2D eigenvalue weighted by atomic mass is 9.98. The molecule has 1 unspecified atom stereocenters. The second-order valence-electron chi connectivity index (χ2n) is 6.14. The summed E-state index contributed by atoms with van der Waals surface area (Å²) < 4.78 is 5.07. The zero-order chi connectivity index (χ0) is 15.1. The molecule has 2 N–H and O–H groups in total. The zero-order valence-corrected chi connectivity index (χ0v) is 13.3. The van der Waals surface area contributed by atoms with Crippen LogP contribution in [0.5, 0.6) is 0 Å². The van der Waals surface area contributed by atoms with Crippen molar-refractivity contribution in [2.75, 3.05) is 38.3 Å². The van der Waals surface area contributed by atoms with E-state index in [0.717, 1.165) is 52.0 Å². The molecule has 0 spiro atoms. The minimum atomic E-state index is -0.513. The molecule has 0 aliphatic carbocycles. The molecule has 4 nitrogen and oxygen atoms in total. The van der Waals surface area contributed by atoms with Gasteiger partial charge in [0.2, 0.25) is 0 Å². The summed E-state index contributed by atoms with van der Waals surface area (Å²) in [6, 6.07) is 8.55. The van der Waals surface area contributed by atoms with E-state index in [1.165, 1.54) is 11.3 Å². The van der Waals surface area contributed by atoms with Crippen molar-refractivity contribution in [1.29, 1.82) is 0 Å². The van der Waals surface area contributed by atoms with Crippen molar-refractivity contribution in [3.8, 4) is 0 Å². The van der Waals surface area contributed by atoms with Gasteiger partial charge in [-0.15, -0.1) is 0 Å². The molecule has 4 heteroatoms. The molecule has 1 aliphatic rings. The maximum atomic E-state index is 10.2. The fraction of sp³-hybridized carbons (Fsp3) is 0.647. The third-order valence-corrected chi connectivity index (χ3v) is 4.19. The molecule has 1 saturated heterocycles. The summed E-state index contributed by atoms with van der Waals surface area (Å²) in [5, 5.41) is 13.6. The first kappa shape index (κ1) is 16.3. The molecule has 1 aromatic carbocycles. The molecular weight excluding hydrogens is 264 g/mol. The van der Waals surface area contributed by atoms with Gasteiger partial charge in [-0.3, -0.25) is 0 Å². The number of methoxy groups -OCH3 is 1. The van der Waals surface area contributed by atoms with Gasteiger partial charge >= 0.3 is 0 Å². The van der Waals surface area contributed by atoms with Crippen LogP contribution in [0.1, 0.15) is 31.7 Å². The highest BCUT2D eigenvalue weighted by Gasteiger charge is 2.25. The van der Waals surface area contributed by atoms with Crippen LogP contribution >= 0.6 is 0 Å². The van der Waals surface area contributed by atoms with E-state index in [1.807, 2.05) is 6.92 Å². The van der Waals surface area contributed by atoms with Gasteiger partial charge in [0.25, 0.3) is 0 Å². The SMILES string of the molecule is COCCNCc1ccccc1N1CCCC(C)(O)CC1. The average Bonchev–Trinajstić information content (AvgIpc) is 2.65. The summed E-state index contributed by atoms with van der Waals surface area (Å²) in [6.45, 7) is 6.34. The van der Waals surface area contributed by atoms with Crippen molar-refractivity contribution in [2.45, 2.75) is 38.3 Å². The number of ether oxygens (including phenoxy) is 1. The Labute approximate surface area is 128 Å². The summed E-state index contributed by atoms with van der Waals surface area (Å²) in [5.41, 5.74) is 2.09. The van der Waals surface area contributed by atoms with E-state index in [9.17, 15) is 5.11 Å². The molecular formula is C17H28N2O2. The highest BCUT2D eigenvalue weighted by atomic mass is 16.5. The van der Waals surface area contributed by atoms with Gasteiger partial charge in [-0.25, -0.2) is 0 Å². The predicted molar refractivity (Wildman–Crippen MR) is 86.7 cm³/mol. The Morgan fingerprint density at radius 2 is 2.10 bits per heavy atom. The number of para-hydroxylation sites is 1. The predicted octanol–water partition coefficient (Wildman–Crippen LogP) is 2.16. The van der Waals surface area contributed by atoms with Crippen LogP contribution in [0.15, 0.2) is 24.3 Å². The molecule has 1 aromatic rings. The fourth-order valence-electron chi connectivity index (χ4n) is 2.87. The van der Waals surface area contributed by atoms with Crippen molar-refractivity contribution in [1.82, 2.24) is 5.32 Å². The minimum absolute atomic E-state index is 0.513. The average molecular weight is 292 g/mol. The number of aliphatic hydroxyl groups is 1. The summed E-state index contributed by atoms with van der Waals surface area (Å²) in [4.78, 5) is 2.41. The maximum absolute atomic E-state index is 10.2. The summed E-state index contributed by atoms with van der Waals surface area (Å²) in [7, 11) is 1.72. The van der Waals surface area contributed by atoms with E-state index in [0.29, 0.717) is 0 Å². The standard InChI is InChI=1S/C17H28N2O2/c1-17(20)8-5-11-19(12-9-17)16-7-4-3-6-15(16)14-18-10-13-21-2/h3-4,6-7,18,20H,5,8-14H2,1-2H3. The zero-order valence-electron chi connectivity index (χ0n) is 13.3. The van der Waals surface area contributed by atoms with E-state index in [2.05, 4.69) is 34.5 Å². The van der Waals surface area contributed by atoms with Crippen molar-refractivity contribution < 1.29 is 9.84 Å². The Hall–Kier alpha value is -1.10. The monoisotopic (exact) mass is 292 g/mol. The Bertz CT molecular complexity index is 435. The number of hydrogen-bond donors (Lipinski definition) is 2. The van der Waals surface area contributed by atoms with Gasteiger partial charge < -0.3 is 20.1 Å². The smallest absolute Gasteiger partial charge is 0.0637 e. The van der Waals surface area contributed by atoms with Crippen LogP contribution in [0.4, 0.5) is 5.69 Å². The van der Waals surface area contributed by atoms with Crippen molar-refractivity contribution in [3.05, 3.63) is 29.8 Å². The van der Waals surface area contributed by atoms with Gasteiger partial charge in [0.1, 0.15) is 0 Å². The molecule has 21 heavy (non-hydrogen) atoms. The molecule has 1 atom stereocenters. The van der Waals surface area contributed by atoms with E-state index in [1.54, 1.807) is 7.11 Å². The highest BCUT2D eigenvalue weighted by molar-refractivity contribution is 5.53. The number of anilines is 1. The largest absolute Gasteiger partial charge is 0.390 e. The van der Waals surface area contributed by atoms with E-state index < -0.39 is 5.60 Å². The van der Waals surface area contributed by atoms with Gasteiger partial charge in [0.05, 0.1) is 12.2 Å². The molecule has 0 radical (unpaired) electrons. The van der Waals surface area contributed by atoms with Crippen LogP contribution in [0, 0.1) is 0 Å². The van der Waals surface area contributed by atoms with Gasteiger partial charge in [0, 0.05) is 39.0 Å². The molecule has 1 aliphatic heterocycles. The first-order valence-electron chi connectivity index (χ1n) is 7.87. The topological polar surface area (TPSA) is 44.7 Å². The van der Waals surface area contributed by atoms with Crippen LogP contribution in [-0.4, -0.2) is 44.1 Å². The van der Waals surface area contributed by atoms with Crippen LogP contribution in [0.2, 0.25) is 0 Å². The number of rotatable bonds is 6. The number of nitrogens with one attached hydrogen (secondary N) is 1. The fourth-order valence-corrected chi connectivity index (χ4v) is 2.87. The lowest BCUT2D eigenvalue weighted by Crippen LogP contribution is -2.29. The lowest BCUT2D eigenvalue weighted by Gasteiger charge is -2.26. The van der Waals surface area contributed by atoms with Crippen molar-refractivity contribution >= 4 is 5.69 Å². The Morgan fingerprint density at radius 3 is 2.90 bits per heavy atom. The molecule has 0 saturated carbocycles. The third kappa shape index (κ3) is 4.99. The Morgan fingerprint density at radius 1 is 1.29 bits per heavy atom. The number of nitrogens with zero attached hydrogens (tertiary/aromatic N) is 1. The quantitative estimate of drug-likeness (QED) is 0.789. The van der Waals surface area contributed by atoms with Gasteiger partial charge in [-0.05, 0) is 37.8 Å². The first-order valence-corrected chi connectivity index (χ1v) is 7.87. The number of hydrogen-bond acceptors (Lipinski definition) is 4. The Balaban J connectivity index is 2.01. The lowest BCUT2D eigenvalue weighted by molar-refractivity contribution is 0.0481. The Kier molecular flexibility index (Phi) is 6.03. The minimum Gasteiger partial charge on any atom is -0.390 e. The van der Waals surface area contributed by atoms with E-state index in [4.69, 9.17) is 4.74 Å². The second-order valence-corrected chi connectivity index (χ2v) is 6.14. The van der Waals surface area contributed by atoms with Gasteiger partial charge in [0.15, 0.2) is 0 Å². The molecule has 0 bridgehead atoms. The summed E-state index contributed by atoms with van der Waals surface area (Å²) in [5.74, 6) is 0. The van der Waals surface area contributed by atoms with Crippen molar-refractivity contribution in [3.63, 3.8) is 0 Å². The maximum Gasteiger partial charge on any atom is 0.0637 e. The van der Waals surface area contributed by atoms with Crippen LogP contribution in [-0.2, 0) is 11.3 Å². The first-order chi connectivity index (χ1) is 10.1. The number of benzene rings is 1. The molecule has 0 aromatic heterocycles. The van der Waals surface area contributed by atoms with Crippen molar-refractivity contribution in [2.24, 2.45) is 0 Å². The third-order valence-electron chi connectivity index (χ3n) is 4.19. The van der Waals surface area contributed by atoms with Crippen LogP contribution in [0.3, 0.4) is 0 Å². The molecule has 1 heterocycles. The van der Waals surface area contributed by atoms with Crippen LogP contribution < -0.4 is 10.2 Å². The highest BCUT2D eigenvalue weighted by Crippen LogP contribution is 2.27. The van der Waals surface area contributed by atoms with E-state index in [-0.39, 0.29) is 0 Å². The summed E-state index contributed by atoms with van der Waals surface area (Å²) >= 11 is 0. The van der Waals surface area contributed by atoms with Gasteiger partial charge in [-0.2, -0.15) is 0 Å².